The summed E-state index contributed by atoms with van der Waals surface area (Å²) in [5.74, 6) is -0.605. The maximum absolute atomic E-state index is 13.7. The summed E-state index contributed by atoms with van der Waals surface area (Å²) < 4.78 is 50.3. The van der Waals surface area contributed by atoms with Crippen LogP contribution >= 0.6 is 0 Å². The van der Waals surface area contributed by atoms with Crippen molar-refractivity contribution in [3.05, 3.63) is 59.8 Å². The third-order valence-electron chi connectivity index (χ3n) is 8.60. The van der Waals surface area contributed by atoms with E-state index in [-0.39, 0.29) is 47.0 Å². The van der Waals surface area contributed by atoms with E-state index >= 15 is 0 Å². The Kier molecular flexibility index (Phi) is 7.19. The predicted molar refractivity (Wildman–Crippen MR) is 156 cm³/mol. The van der Waals surface area contributed by atoms with Gasteiger partial charge < -0.3 is 14.4 Å². The summed E-state index contributed by atoms with van der Waals surface area (Å²) >= 11 is 0. The molecular formula is C29H34N4O6S2. The lowest BCUT2D eigenvalue weighted by Crippen LogP contribution is -2.53. The summed E-state index contributed by atoms with van der Waals surface area (Å²) in [5, 5.41) is 0.668. The van der Waals surface area contributed by atoms with E-state index in [2.05, 4.69) is 4.90 Å². The van der Waals surface area contributed by atoms with Crippen LogP contribution in [-0.4, -0.2) is 111 Å². The first-order chi connectivity index (χ1) is 19.5. The van der Waals surface area contributed by atoms with Gasteiger partial charge >= 0.3 is 0 Å². The number of hydrogen-bond acceptors (Lipinski definition) is 7. The first kappa shape index (κ1) is 27.9. The monoisotopic (exact) mass is 598 g/mol. The highest BCUT2D eigenvalue weighted by Crippen LogP contribution is 2.30. The second-order valence-electron chi connectivity index (χ2n) is 11.3. The van der Waals surface area contributed by atoms with E-state index in [1.807, 2.05) is 4.90 Å². The Balaban J connectivity index is 1.36. The number of carbonyl (C=O) groups excluding carboxylic acids is 2. The minimum atomic E-state index is -3.50. The standard InChI is InChI=1S/C29H34N4O6S2/c1-40(36,37)25-7-3-6-24(20-25)33-26-9-8-21(28(34)31-12-10-30(11-13-31)23-4-2-5-23)18-22(26)19-27(33)29(35)32-14-16-41(38,39)17-15-32/h3,6-9,18-20,23H,2,4-5,10-17H2,1H3. The van der Waals surface area contributed by atoms with Gasteiger partial charge in [0.25, 0.3) is 11.8 Å². The molecule has 1 aliphatic carbocycles. The smallest absolute Gasteiger partial charge is 0.270 e. The lowest BCUT2D eigenvalue weighted by atomic mass is 9.91. The van der Waals surface area contributed by atoms with Crippen LogP contribution in [0.1, 0.15) is 40.1 Å². The quantitative estimate of drug-likeness (QED) is 0.442. The molecule has 2 saturated heterocycles. The van der Waals surface area contributed by atoms with E-state index in [9.17, 15) is 26.4 Å². The Morgan fingerprint density at radius 3 is 2.15 bits per heavy atom. The molecule has 2 aromatic carbocycles. The highest BCUT2D eigenvalue weighted by atomic mass is 32.2. The Labute approximate surface area is 240 Å². The maximum atomic E-state index is 13.7. The van der Waals surface area contributed by atoms with Gasteiger partial charge in [-0.1, -0.05) is 12.5 Å². The van der Waals surface area contributed by atoms with Crippen LogP contribution in [0.5, 0.6) is 0 Å². The summed E-state index contributed by atoms with van der Waals surface area (Å²) in [5.41, 5.74) is 1.94. The molecule has 0 N–H and O–H groups in total. The largest absolute Gasteiger partial charge is 0.336 e. The minimum Gasteiger partial charge on any atom is -0.336 e. The van der Waals surface area contributed by atoms with Crippen molar-refractivity contribution >= 4 is 42.4 Å². The van der Waals surface area contributed by atoms with E-state index in [1.54, 1.807) is 41.0 Å². The summed E-state index contributed by atoms with van der Waals surface area (Å²) in [7, 11) is -6.69. The number of benzene rings is 2. The van der Waals surface area contributed by atoms with Gasteiger partial charge in [0, 0.05) is 68.2 Å². The number of hydrogen-bond donors (Lipinski definition) is 0. The molecule has 0 unspecified atom stereocenters. The van der Waals surface area contributed by atoms with Crippen molar-refractivity contribution in [3.63, 3.8) is 0 Å². The van der Waals surface area contributed by atoms with Gasteiger partial charge in [-0.3, -0.25) is 14.5 Å². The molecule has 1 aromatic heterocycles. The number of aromatic nitrogens is 1. The van der Waals surface area contributed by atoms with E-state index in [4.69, 9.17) is 0 Å². The Morgan fingerprint density at radius 1 is 0.829 bits per heavy atom. The number of amides is 2. The molecular weight excluding hydrogens is 564 g/mol. The minimum absolute atomic E-state index is 0.0545. The zero-order valence-corrected chi connectivity index (χ0v) is 24.7. The second kappa shape index (κ2) is 10.6. The van der Waals surface area contributed by atoms with Crippen molar-refractivity contribution < 1.29 is 26.4 Å². The predicted octanol–water partition coefficient (Wildman–Crippen LogP) is 2.21. The van der Waals surface area contributed by atoms with E-state index < -0.39 is 19.7 Å². The number of nitrogens with zero attached hydrogens (tertiary/aromatic N) is 4. The van der Waals surface area contributed by atoms with Gasteiger partial charge in [-0.2, -0.15) is 0 Å². The first-order valence-electron chi connectivity index (χ1n) is 14.0. The van der Waals surface area contributed by atoms with Crippen molar-refractivity contribution in [2.75, 3.05) is 57.0 Å². The zero-order chi connectivity index (χ0) is 28.9. The maximum Gasteiger partial charge on any atom is 0.270 e. The lowest BCUT2D eigenvalue weighted by molar-refractivity contribution is 0.0455. The van der Waals surface area contributed by atoms with Gasteiger partial charge in [0.05, 0.1) is 21.9 Å². The molecule has 41 heavy (non-hydrogen) atoms. The fraction of sp³-hybridized carbons (Fsp3) is 0.448. The topological polar surface area (TPSA) is 117 Å². The molecule has 1 saturated carbocycles. The van der Waals surface area contributed by atoms with Crippen molar-refractivity contribution in [1.29, 1.82) is 0 Å². The van der Waals surface area contributed by atoms with Crippen LogP contribution in [0.4, 0.5) is 0 Å². The third kappa shape index (κ3) is 5.52. The molecule has 3 aliphatic rings. The molecule has 218 valence electrons. The summed E-state index contributed by atoms with van der Waals surface area (Å²) in [6.45, 7) is 3.26. The molecule has 3 heterocycles. The fourth-order valence-corrected chi connectivity index (χ4v) is 7.80. The molecule has 10 nitrogen and oxygen atoms in total. The molecule has 2 aliphatic heterocycles. The lowest BCUT2D eigenvalue weighted by Gasteiger charge is -2.42. The molecule has 0 radical (unpaired) electrons. The number of sulfone groups is 2. The Bertz CT molecular complexity index is 1720. The van der Waals surface area contributed by atoms with E-state index in [0.717, 1.165) is 19.3 Å². The van der Waals surface area contributed by atoms with Crippen molar-refractivity contribution in [2.24, 2.45) is 0 Å². The summed E-state index contributed by atoms with van der Waals surface area (Å²) in [6.07, 6.45) is 4.89. The van der Waals surface area contributed by atoms with Crippen LogP contribution in [0.3, 0.4) is 0 Å². The van der Waals surface area contributed by atoms with Crippen LogP contribution in [0.2, 0.25) is 0 Å². The van der Waals surface area contributed by atoms with Crippen molar-refractivity contribution in [1.82, 2.24) is 19.3 Å². The number of piperazine rings is 1. The second-order valence-corrected chi connectivity index (χ2v) is 15.6. The molecule has 12 heteroatoms. The first-order valence-corrected chi connectivity index (χ1v) is 17.7. The highest BCUT2D eigenvalue weighted by molar-refractivity contribution is 7.91. The van der Waals surface area contributed by atoms with Gasteiger partial charge in [0.1, 0.15) is 5.69 Å². The Morgan fingerprint density at radius 2 is 1.51 bits per heavy atom. The molecule has 6 rings (SSSR count). The van der Waals surface area contributed by atoms with Crippen LogP contribution in [0, 0.1) is 0 Å². The van der Waals surface area contributed by atoms with Crippen LogP contribution < -0.4 is 0 Å². The van der Waals surface area contributed by atoms with Gasteiger partial charge in [0.2, 0.25) is 0 Å². The van der Waals surface area contributed by atoms with Crippen LogP contribution in [0.15, 0.2) is 53.4 Å². The zero-order valence-electron chi connectivity index (χ0n) is 23.0. The Hall–Kier alpha value is -3.22. The van der Waals surface area contributed by atoms with Crippen LogP contribution in [0.25, 0.3) is 16.6 Å². The van der Waals surface area contributed by atoms with Gasteiger partial charge in [-0.15, -0.1) is 0 Å². The molecule has 0 atom stereocenters. The van der Waals surface area contributed by atoms with E-state index in [1.165, 1.54) is 36.3 Å². The van der Waals surface area contributed by atoms with Gasteiger partial charge in [-0.25, -0.2) is 16.8 Å². The van der Waals surface area contributed by atoms with Crippen LogP contribution in [-0.2, 0) is 19.7 Å². The van der Waals surface area contributed by atoms with E-state index in [0.29, 0.717) is 41.3 Å². The summed E-state index contributed by atoms with van der Waals surface area (Å²) in [6, 6.07) is 14.1. The normalized spacial score (nSPS) is 20.2. The fourth-order valence-electron chi connectivity index (χ4n) is 5.94. The summed E-state index contributed by atoms with van der Waals surface area (Å²) in [4.78, 5) is 33.2. The number of carbonyl (C=O) groups is 2. The van der Waals surface area contributed by atoms with Gasteiger partial charge in [-0.05, 0) is 55.3 Å². The number of fused-ring (bicyclic) bond motifs is 1. The molecule has 0 spiro atoms. The molecule has 3 aromatic rings. The molecule has 0 bridgehead atoms. The molecule has 3 fully saturated rings. The van der Waals surface area contributed by atoms with Gasteiger partial charge in [0.15, 0.2) is 19.7 Å². The van der Waals surface area contributed by atoms with Crippen molar-refractivity contribution in [3.8, 4) is 5.69 Å². The third-order valence-corrected chi connectivity index (χ3v) is 11.3. The average molecular weight is 599 g/mol. The average Bonchev–Trinajstić information content (AvgIpc) is 3.30. The molecule has 2 amide bonds. The number of rotatable bonds is 5. The van der Waals surface area contributed by atoms with Crippen molar-refractivity contribution in [2.45, 2.75) is 30.2 Å². The highest BCUT2D eigenvalue weighted by Gasteiger charge is 2.31. The SMILES string of the molecule is CS(=O)(=O)c1cccc(-n2c(C(=O)N3CCS(=O)(=O)CC3)cc3cc(C(=O)N4CCN(C5CCC5)CC4)ccc32)c1.